The van der Waals surface area contributed by atoms with Crippen molar-refractivity contribution in [3.8, 4) is 0 Å². The lowest BCUT2D eigenvalue weighted by molar-refractivity contribution is 0.789. The Kier molecular flexibility index (Phi) is 3.31. The highest BCUT2D eigenvalue weighted by Crippen LogP contribution is 2.26. The number of hydrogen-bond acceptors (Lipinski definition) is 3. The summed E-state index contributed by atoms with van der Waals surface area (Å²) >= 11 is 1.65. The molecule has 3 nitrogen and oxygen atoms in total. The summed E-state index contributed by atoms with van der Waals surface area (Å²) in [5, 5.41) is 0.994. The fourth-order valence-corrected chi connectivity index (χ4v) is 2.20. The van der Waals surface area contributed by atoms with Crippen molar-refractivity contribution in [2.75, 3.05) is 0 Å². The minimum atomic E-state index is 0.0900. The van der Waals surface area contributed by atoms with Crippen LogP contribution in [0.4, 0.5) is 0 Å². The summed E-state index contributed by atoms with van der Waals surface area (Å²) < 4.78 is 2.00. The third-order valence-electron chi connectivity index (χ3n) is 2.39. The van der Waals surface area contributed by atoms with Gasteiger partial charge in [0.2, 0.25) is 0 Å². The first-order valence-electron chi connectivity index (χ1n) is 5.17. The van der Waals surface area contributed by atoms with Gasteiger partial charge in [0.05, 0.1) is 0 Å². The maximum absolute atomic E-state index is 5.80. The molecule has 0 aliphatic heterocycles. The summed E-state index contributed by atoms with van der Waals surface area (Å²) in [6, 6.07) is 8.38. The molecule has 0 fully saturated rings. The van der Waals surface area contributed by atoms with E-state index in [1.165, 1.54) is 4.90 Å². The number of nitrogens with two attached hydrogens (primary N) is 1. The van der Waals surface area contributed by atoms with Gasteiger partial charge in [-0.05, 0) is 24.6 Å². The summed E-state index contributed by atoms with van der Waals surface area (Å²) in [5.41, 5.74) is 6.96. The second kappa shape index (κ2) is 4.72. The predicted molar refractivity (Wildman–Crippen MR) is 66.4 cm³/mol. The third kappa shape index (κ3) is 2.46. The quantitative estimate of drug-likeness (QED) is 0.886. The number of imidazole rings is 1. The maximum Gasteiger partial charge on any atom is 0.172 e. The van der Waals surface area contributed by atoms with Crippen LogP contribution in [0, 0.1) is 0 Å². The molecular formula is C12H15N3S. The predicted octanol–water partition coefficient (Wildman–Crippen LogP) is 2.59. The highest BCUT2D eigenvalue weighted by Gasteiger charge is 2.03. The average Bonchev–Trinajstić information content (AvgIpc) is 2.65. The van der Waals surface area contributed by atoms with Gasteiger partial charge in [0.1, 0.15) is 0 Å². The van der Waals surface area contributed by atoms with E-state index in [-0.39, 0.29) is 6.04 Å². The maximum atomic E-state index is 5.80. The molecule has 0 amide bonds. The lowest BCUT2D eigenvalue weighted by Gasteiger charge is -2.06. The van der Waals surface area contributed by atoms with E-state index in [1.807, 2.05) is 24.7 Å². The van der Waals surface area contributed by atoms with Crippen molar-refractivity contribution in [3.05, 3.63) is 42.2 Å². The SMILES string of the molecule is C[C@H](N)c1ccc(Sc2nccn2C)cc1. The Balaban J connectivity index is 2.14. The zero-order chi connectivity index (χ0) is 11.5. The molecule has 2 rings (SSSR count). The van der Waals surface area contributed by atoms with Gasteiger partial charge in [0.15, 0.2) is 5.16 Å². The van der Waals surface area contributed by atoms with Crippen LogP contribution in [-0.2, 0) is 7.05 Å². The number of aryl methyl sites for hydroxylation is 1. The second-order valence-electron chi connectivity index (χ2n) is 3.78. The van der Waals surface area contributed by atoms with Gasteiger partial charge < -0.3 is 10.3 Å². The summed E-state index contributed by atoms with van der Waals surface area (Å²) in [6.07, 6.45) is 3.75. The Bertz CT molecular complexity index is 459. The normalized spacial score (nSPS) is 12.7. The van der Waals surface area contributed by atoms with E-state index < -0.39 is 0 Å². The van der Waals surface area contributed by atoms with Crippen molar-refractivity contribution >= 4 is 11.8 Å². The summed E-state index contributed by atoms with van der Waals surface area (Å²) in [7, 11) is 1.99. The van der Waals surface area contributed by atoms with E-state index in [0.717, 1.165) is 10.7 Å². The molecule has 0 radical (unpaired) electrons. The van der Waals surface area contributed by atoms with Gasteiger partial charge in [-0.3, -0.25) is 0 Å². The van der Waals surface area contributed by atoms with Crippen molar-refractivity contribution < 1.29 is 0 Å². The lowest BCUT2D eigenvalue weighted by atomic mass is 10.1. The molecule has 1 atom stereocenters. The molecule has 16 heavy (non-hydrogen) atoms. The van der Waals surface area contributed by atoms with Gasteiger partial charge in [-0.1, -0.05) is 23.9 Å². The Hall–Kier alpha value is -1.26. The van der Waals surface area contributed by atoms with Crippen LogP contribution < -0.4 is 5.73 Å². The van der Waals surface area contributed by atoms with Crippen LogP contribution in [0.15, 0.2) is 46.7 Å². The van der Waals surface area contributed by atoms with Gasteiger partial charge in [0.25, 0.3) is 0 Å². The molecular weight excluding hydrogens is 218 g/mol. The smallest absolute Gasteiger partial charge is 0.172 e. The van der Waals surface area contributed by atoms with Gasteiger partial charge in [-0.25, -0.2) is 4.98 Å². The number of nitrogens with zero attached hydrogens (tertiary/aromatic N) is 2. The number of rotatable bonds is 3. The number of hydrogen-bond donors (Lipinski definition) is 1. The first kappa shape index (κ1) is 11.2. The molecule has 0 unspecified atom stereocenters. The van der Waals surface area contributed by atoms with Crippen LogP contribution in [0.3, 0.4) is 0 Å². The Morgan fingerprint density at radius 2 is 2.00 bits per heavy atom. The molecule has 4 heteroatoms. The lowest BCUT2D eigenvalue weighted by Crippen LogP contribution is -2.04. The summed E-state index contributed by atoms with van der Waals surface area (Å²) in [6.45, 7) is 1.99. The minimum Gasteiger partial charge on any atom is -0.329 e. The van der Waals surface area contributed by atoms with E-state index in [4.69, 9.17) is 5.73 Å². The van der Waals surface area contributed by atoms with E-state index in [1.54, 1.807) is 18.0 Å². The molecule has 1 aromatic carbocycles. The van der Waals surface area contributed by atoms with Gasteiger partial charge >= 0.3 is 0 Å². The van der Waals surface area contributed by atoms with E-state index in [0.29, 0.717) is 0 Å². The van der Waals surface area contributed by atoms with Gasteiger partial charge in [-0.2, -0.15) is 0 Å². The monoisotopic (exact) mass is 233 g/mol. The van der Waals surface area contributed by atoms with Crippen molar-refractivity contribution in [1.29, 1.82) is 0 Å². The fourth-order valence-electron chi connectivity index (χ4n) is 1.40. The first-order valence-corrected chi connectivity index (χ1v) is 5.99. The molecule has 0 bridgehead atoms. The highest BCUT2D eigenvalue weighted by molar-refractivity contribution is 7.99. The highest BCUT2D eigenvalue weighted by atomic mass is 32.2. The Morgan fingerprint density at radius 3 is 2.50 bits per heavy atom. The first-order chi connectivity index (χ1) is 7.66. The summed E-state index contributed by atoms with van der Waals surface area (Å²) in [4.78, 5) is 5.45. The van der Waals surface area contributed by atoms with Crippen molar-refractivity contribution in [2.45, 2.75) is 23.0 Å². The van der Waals surface area contributed by atoms with Crippen LogP contribution in [0.2, 0.25) is 0 Å². The molecule has 2 aromatic rings. The van der Waals surface area contributed by atoms with Crippen LogP contribution in [0.5, 0.6) is 0 Å². The van der Waals surface area contributed by atoms with E-state index in [2.05, 4.69) is 29.2 Å². The van der Waals surface area contributed by atoms with Crippen LogP contribution >= 0.6 is 11.8 Å². The van der Waals surface area contributed by atoms with Crippen LogP contribution in [0.1, 0.15) is 18.5 Å². The Morgan fingerprint density at radius 1 is 1.31 bits per heavy atom. The number of benzene rings is 1. The molecule has 84 valence electrons. The van der Waals surface area contributed by atoms with E-state index >= 15 is 0 Å². The molecule has 0 aliphatic carbocycles. The van der Waals surface area contributed by atoms with Crippen LogP contribution in [0.25, 0.3) is 0 Å². The van der Waals surface area contributed by atoms with Gasteiger partial charge in [-0.15, -0.1) is 0 Å². The zero-order valence-corrected chi connectivity index (χ0v) is 10.2. The largest absolute Gasteiger partial charge is 0.329 e. The molecule has 0 saturated carbocycles. The third-order valence-corrected chi connectivity index (χ3v) is 3.48. The Labute approximate surface area is 99.7 Å². The molecule has 0 saturated heterocycles. The van der Waals surface area contributed by atoms with Crippen molar-refractivity contribution in [1.82, 2.24) is 9.55 Å². The molecule has 1 aromatic heterocycles. The number of aromatic nitrogens is 2. The fraction of sp³-hybridized carbons (Fsp3) is 0.250. The topological polar surface area (TPSA) is 43.8 Å². The van der Waals surface area contributed by atoms with Crippen molar-refractivity contribution in [3.63, 3.8) is 0 Å². The average molecular weight is 233 g/mol. The molecule has 2 N–H and O–H groups in total. The second-order valence-corrected chi connectivity index (χ2v) is 4.82. The zero-order valence-electron chi connectivity index (χ0n) is 9.42. The van der Waals surface area contributed by atoms with Crippen LogP contribution in [-0.4, -0.2) is 9.55 Å². The van der Waals surface area contributed by atoms with Crippen molar-refractivity contribution in [2.24, 2.45) is 12.8 Å². The summed E-state index contributed by atoms with van der Waals surface area (Å²) in [5.74, 6) is 0. The molecule has 0 spiro atoms. The minimum absolute atomic E-state index is 0.0900. The van der Waals surface area contributed by atoms with Gasteiger partial charge in [0, 0.05) is 30.4 Å². The standard InChI is InChI=1S/C12H15N3S/c1-9(13)10-3-5-11(6-4-10)16-12-14-7-8-15(12)2/h3-9H,13H2,1-2H3/t9-/m0/s1. The molecule has 1 heterocycles. The molecule has 0 aliphatic rings. The van der Waals surface area contributed by atoms with E-state index in [9.17, 15) is 0 Å².